The second kappa shape index (κ2) is 6.16. The maximum absolute atomic E-state index is 13.3. The van der Waals surface area contributed by atoms with Crippen molar-refractivity contribution in [2.45, 2.75) is 39.0 Å². The first kappa shape index (κ1) is 17.4. The van der Waals surface area contributed by atoms with Crippen molar-refractivity contribution in [3.8, 4) is 5.69 Å². The molecule has 1 heterocycles. The van der Waals surface area contributed by atoms with Gasteiger partial charge in [0.2, 0.25) is 0 Å². The van der Waals surface area contributed by atoms with Gasteiger partial charge in [0.05, 0.1) is 23.5 Å². The summed E-state index contributed by atoms with van der Waals surface area (Å²) in [5.74, 6) is -1.04. The van der Waals surface area contributed by atoms with Gasteiger partial charge in [0.1, 0.15) is 5.82 Å². The lowest BCUT2D eigenvalue weighted by Crippen LogP contribution is -2.41. The summed E-state index contributed by atoms with van der Waals surface area (Å²) in [5, 5.41) is 14.3. The molecular formula is C23H23FN2O2. The Balaban J connectivity index is 1.56. The number of carbonyl (C=O) groups is 1. The number of halogens is 1. The summed E-state index contributed by atoms with van der Waals surface area (Å²) in [6.07, 6.45) is 10.7. The van der Waals surface area contributed by atoms with Crippen LogP contribution >= 0.6 is 0 Å². The number of aromatic nitrogens is 2. The van der Waals surface area contributed by atoms with Crippen molar-refractivity contribution in [2.75, 3.05) is 0 Å². The third-order valence-electron chi connectivity index (χ3n) is 6.93. The van der Waals surface area contributed by atoms with Gasteiger partial charge in [0.15, 0.2) is 0 Å². The molecule has 0 aliphatic heterocycles. The lowest BCUT2D eigenvalue weighted by atomic mass is 9.55. The van der Waals surface area contributed by atoms with Crippen LogP contribution in [0.1, 0.15) is 43.9 Å². The van der Waals surface area contributed by atoms with Crippen LogP contribution in [0.5, 0.6) is 0 Å². The number of benzene rings is 1. The average molecular weight is 378 g/mol. The fourth-order valence-electron chi connectivity index (χ4n) is 5.51. The van der Waals surface area contributed by atoms with Crippen LogP contribution in [-0.2, 0) is 11.2 Å². The normalized spacial score (nSPS) is 28.5. The van der Waals surface area contributed by atoms with Crippen LogP contribution in [0, 0.1) is 23.1 Å². The predicted octanol–water partition coefficient (Wildman–Crippen LogP) is 4.79. The van der Waals surface area contributed by atoms with Crippen LogP contribution in [0.3, 0.4) is 0 Å². The largest absolute Gasteiger partial charge is 0.481 e. The second-order valence-electron chi connectivity index (χ2n) is 8.45. The maximum Gasteiger partial charge on any atom is 0.307 e. The Bertz CT molecular complexity index is 1020. The van der Waals surface area contributed by atoms with Crippen molar-refractivity contribution in [1.29, 1.82) is 0 Å². The smallest absolute Gasteiger partial charge is 0.307 e. The number of carboxylic acid groups (broad SMARTS) is 1. The van der Waals surface area contributed by atoms with Crippen LogP contribution in [0.25, 0.3) is 11.8 Å². The van der Waals surface area contributed by atoms with Gasteiger partial charge in [-0.3, -0.25) is 4.79 Å². The Kier molecular flexibility index (Phi) is 3.83. The molecule has 1 aromatic carbocycles. The molecule has 5 rings (SSSR count). The van der Waals surface area contributed by atoms with Crippen molar-refractivity contribution in [1.82, 2.24) is 9.78 Å². The summed E-state index contributed by atoms with van der Waals surface area (Å²) in [5.41, 5.74) is 5.61. The minimum Gasteiger partial charge on any atom is -0.481 e. The standard InChI is InChI=1S/C23H23FN2O2/c1-23-12-14-13-25-26(17-8-6-16(24)7-9-17)21(14)11-15(23)5-10-18-19(22(27)28)3-2-4-20(18)23/h4,6-9,11,13,18-19H,2-3,5,10,12H2,1H3,(H,27,28)/t18-,19?,23+/m1/s1. The quantitative estimate of drug-likeness (QED) is 0.765. The number of nitrogens with zero attached hydrogens (tertiary/aromatic N) is 2. The van der Waals surface area contributed by atoms with E-state index in [1.165, 1.54) is 23.3 Å². The third-order valence-corrected chi connectivity index (χ3v) is 6.93. The minimum atomic E-state index is -0.660. The lowest BCUT2D eigenvalue weighted by Gasteiger charge is -2.48. The SMILES string of the molecule is C[C@]12Cc3cnn(-c4ccc(F)cc4)c3C=C1CC[C@H]1C2=CCCC1C(=O)O. The van der Waals surface area contributed by atoms with Crippen LogP contribution in [0.15, 0.2) is 47.7 Å². The molecule has 3 atom stereocenters. The van der Waals surface area contributed by atoms with Crippen molar-refractivity contribution in [2.24, 2.45) is 17.3 Å². The van der Waals surface area contributed by atoms with Crippen LogP contribution in [-0.4, -0.2) is 20.9 Å². The van der Waals surface area contributed by atoms with E-state index in [1.807, 2.05) is 10.9 Å². The number of hydrogen-bond acceptors (Lipinski definition) is 2. The summed E-state index contributed by atoms with van der Waals surface area (Å²) >= 11 is 0. The lowest BCUT2D eigenvalue weighted by molar-refractivity contribution is -0.144. The highest BCUT2D eigenvalue weighted by atomic mass is 19.1. The van der Waals surface area contributed by atoms with E-state index >= 15 is 0 Å². The van der Waals surface area contributed by atoms with Gasteiger partial charge in [-0.05, 0) is 73.9 Å². The molecule has 1 N–H and O–H groups in total. The van der Waals surface area contributed by atoms with Crippen molar-refractivity contribution in [3.63, 3.8) is 0 Å². The molecule has 0 saturated heterocycles. The zero-order valence-corrected chi connectivity index (χ0v) is 15.9. The summed E-state index contributed by atoms with van der Waals surface area (Å²) in [6, 6.07) is 6.39. The fourth-order valence-corrected chi connectivity index (χ4v) is 5.51. The van der Waals surface area contributed by atoms with Gasteiger partial charge in [-0.25, -0.2) is 9.07 Å². The molecule has 4 nitrogen and oxygen atoms in total. The van der Waals surface area contributed by atoms with Crippen LogP contribution in [0.4, 0.5) is 4.39 Å². The summed E-state index contributed by atoms with van der Waals surface area (Å²) in [4.78, 5) is 11.8. The summed E-state index contributed by atoms with van der Waals surface area (Å²) in [7, 11) is 0. The molecule has 5 heteroatoms. The summed E-state index contributed by atoms with van der Waals surface area (Å²) < 4.78 is 15.2. The molecule has 0 bridgehead atoms. The van der Waals surface area contributed by atoms with Gasteiger partial charge in [0.25, 0.3) is 0 Å². The van der Waals surface area contributed by atoms with Gasteiger partial charge < -0.3 is 5.11 Å². The highest BCUT2D eigenvalue weighted by molar-refractivity contribution is 5.72. The zero-order valence-electron chi connectivity index (χ0n) is 15.9. The molecule has 1 unspecified atom stereocenters. The molecule has 3 aliphatic rings. The van der Waals surface area contributed by atoms with Crippen LogP contribution < -0.4 is 0 Å². The Hall–Kier alpha value is -2.69. The average Bonchev–Trinajstić information content (AvgIpc) is 3.08. The summed E-state index contributed by atoms with van der Waals surface area (Å²) in [6.45, 7) is 2.26. The van der Waals surface area contributed by atoms with E-state index in [0.29, 0.717) is 0 Å². The molecule has 1 aromatic heterocycles. The Labute approximate surface area is 163 Å². The zero-order chi connectivity index (χ0) is 19.5. The molecule has 0 amide bonds. The Morgan fingerprint density at radius 3 is 2.82 bits per heavy atom. The molecule has 28 heavy (non-hydrogen) atoms. The number of rotatable bonds is 2. The topological polar surface area (TPSA) is 55.1 Å². The number of allylic oxidation sites excluding steroid dienone is 3. The monoisotopic (exact) mass is 378 g/mol. The Morgan fingerprint density at radius 1 is 1.29 bits per heavy atom. The molecule has 0 radical (unpaired) electrons. The molecule has 144 valence electrons. The number of aliphatic carboxylic acids is 1. The third kappa shape index (κ3) is 2.49. The van der Waals surface area contributed by atoms with Gasteiger partial charge in [-0.1, -0.05) is 24.1 Å². The molecule has 1 saturated carbocycles. The van der Waals surface area contributed by atoms with E-state index in [1.54, 1.807) is 12.1 Å². The predicted molar refractivity (Wildman–Crippen MR) is 104 cm³/mol. The first-order chi connectivity index (χ1) is 13.5. The van der Waals surface area contributed by atoms with Crippen molar-refractivity contribution in [3.05, 3.63) is 64.8 Å². The van der Waals surface area contributed by atoms with E-state index in [0.717, 1.165) is 49.0 Å². The van der Waals surface area contributed by atoms with E-state index in [-0.39, 0.29) is 23.1 Å². The van der Waals surface area contributed by atoms with Gasteiger partial charge >= 0.3 is 5.97 Å². The van der Waals surface area contributed by atoms with Gasteiger partial charge in [0, 0.05) is 5.41 Å². The fraction of sp³-hybridized carbons (Fsp3) is 0.391. The van der Waals surface area contributed by atoms with E-state index in [9.17, 15) is 14.3 Å². The first-order valence-corrected chi connectivity index (χ1v) is 9.94. The van der Waals surface area contributed by atoms with Gasteiger partial charge in [-0.2, -0.15) is 5.10 Å². The molecule has 0 spiro atoms. The molecular weight excluding hydrogens is 355 g/mol. The van der Waals surface area contributed by atoms with E-state index in [4.69, 9.17) is 0 Å². The highest BCUT2D eigenvalue weighted by Crippen LogP contribution is 2.56. The highest BCUT2D eigenvalue weighted by Gasteiger charge is 2.48. The first-order valence-electron chi connectivity index (χ1n) is 9.94. The van der Waals surface area contributed by atoms with E-state index in [2.05, 4.69) is 24.2 Å². The van der Waals surface area contributed by atoms with Crippen LogP contribution in [0.2, 0.25) is 0 Å². The molecule has 1 fully saturated rings. The second-order valence-corrected chi connectivity index (χ2v) is 8.45. The number of hydrogen-bond donors (Lipinski definition) is 1. The van der Waals surface area contributed by atoms with E-state index < -0.39 is 5.97 Å². The van der Waals surface area contributed by atoms with Crippen molar-refractivity contribution >= 4 is 12.0 Å². The minimum absolute atomic E-state index is 0.124. The number of fused-ring (bicyclic) bond motifs is 4. The van der Waals surface area contributed by atoms with Crippen molar-refractivity contribution < 1.29 is 14.3 Å². The number of carboxylic acids is 1. The van der Waals surface area contributed by atoms with Gasteiger partial charge in [-0.15, -0.1) is 0 Å². The molecule has 3 aliphatic carbocycles. The molecule has 2 aromatic rings. The Morgan fingerprint density at radius 2 is 2.07 bits per heavy atom. The maximum atomic E-state index is 13.3.